The standard InChI is InChI=1S/C10H16NS.C2H7N/c1-11(2,3)9-5-7-10(12-4)8-6-9;1-3-2/h5-8H,1-4H3;3H,1-2H3/q+1;/p+1. The van der Waals surface area contributed by atoms with E-state index in [0.29, 0.717) is 0 Å². The normalized spacial score (nSPS) is 10.5. The highest BCUT2D eigenvalue weighted by Gasteiger charge is 2.10. The highest BCUT2D eigenvalue weighted by atomic mass is 32.2. The van der Waals surface area contributed by atoms with Crippen LogP contribution in [0.3, 0.4) is 0 Å². The molecule has 86 valence electrons. The molecule has 1 rings (SSSR count). The van der Waals surface area contributed by atoms with Crippen molar-refractivity contribution in [2.75, 3.05) is 41.5 Å². The molecule has 0 heterocycles. The summed E-state index contributed by atoms with van der Waals surface area (Å²) in [4.78, 5) is 1.33. The summed E-state index contributed by atoms with van der Waals surface area (Å²) in [5.41, 5.74) is 1.34. The van der Waals surface area contributed by atoms with Gasteiger partial charge in [0.2, 0.25) is 0 Å². The lowest BCUT2D eigenvalue weighted by Crippen LogP contribution is -2.74. The Morgan fingerprint density at radius 2 is 1.40 bits per heavy atom. The van der Waals surface area contributed by atoms with Crippen LogP contribution in [0.2, 0.25) is 0 Å². The molecule has 0 aliphatic heterocycles. The van der Waals surface area contributed by atoms with Crippen LogP contribution in [0.1, 0.15) is 0 Å². The molecule has 2 nitrogen and oxygen atoms in total. The van der Waals surface area contributed by atoms with E-state index < -0.39 is 0 Å². The number of nitrogens with zero attached hydrogens (tertiary/aromatic N) is 1. The van der Waals surface area contributed by atoms with Gasteiger partial charge in [0.1, 0.15) is 5.69 Å². The first kappa shape index (κ1) is 14.5. The number of benzene rings is 1. The van der Waals surface area contributed by atoms with Crippen LogP contribution in [0, 0.1) is 0 Å². The second kappa shape index (κ2) is 6.88. The van der Waals surface area contributed by atoms with Crippen molar-refractivity contribution in [2.45, 2.75) is 4.90 Å². The minimum absolute atomic E-state index is 0.884. The molecule has 0 bridgehead atoms. The van der Waals surface area contributed by atoms with E-state index in [2.05, 4.69) is 51.7 Å². The third kappa shape index (κ3) is 5.82. The van der Waals surface area contributed by atoms with Crippen molar-refractivity contribution in [1.82, 2.24) is 4.48 Å². The van der Waals surface area contributed by atoms with Gasteiger partial charge >= 0.3 is 0 Å². The van der Waals surface area contributed by atoms with Gasteiger partial charge in [0, 0.05) is 17.0 Å². The fourth-order valence-corrected chi connectivity index (χ4v) is 1.44. The molecule has 0 aromatic heterocycles. The molecule has 0 radical (unpaired) electrons. The average molecular weight is 228 g/mol. The van der Waals surface area contributed by atoms with E-state index >= 15 is 0 Å². The van der Waals surface area contributed by atoms with Crippen molar-refractivity contribution < 1.29 is 5.32 Å². The molecule has 1 aromatic carbocycles. The lowest BCUT2D eigenvalue weighted by Gasteiger charge is -2.23. The first-order valence-electron chi connectivity index (χ1n) is 5.15. The summed E-state index contributed by atoms with van der Waals surface area (Å²) in [6.07, 6.45) is 2.10. The van der Waals surface area contributed by atoms with E-state index in [0.717, 1.165) is 4.48 Å². The zero-order valence-corrected chi connectivity index (χ0v) is 11.6. The van der Waals surface area contributed by atoms with Crippen LogP contribution in [0.5, 0.6) is 0 Å². The Morgan fingerprint density at radius 1 is 1.00 bits per heavy atom. The maximum atomic E-state index is 2.19. The summed E-state index contributed by atoms with van der Waals surface area (Å²) in [6, 6.07) is 8.71. The van der Waals surface area contributed by atoms with Gasteiger partial charge in [-0.3, -0.25) is 4.48 Å². The van der Waals surface area contributed by atoms with Crippen LogP contribution in [-0.4, -0.2) is 41.5 Å². The smallest absolute Gasteiger partial charge is 0.132 e. The molecule has 2 N–H and O–H groups in total. The van der Waals surface area contributed by atoms with Gasteiger partial charge in [-0.05, 0) is 18.4 Å². The molecule has 0 aliphatic rings. The Hall–Kier alpha value is -0.510. The Kier molecular flexibility index (Phi) is 6.65. The highest BCUT2D eigenvalue weighted by Crippen LogP contribution is 2.21. The fraction of sp³-hybridized carbons (Fsp3) is 0.500. The predicted molar refractivity (Wildman–Crippen MR) is 71.6 cm³/mol. The molecular formula is C12H24N2S+2. The molecule has 1 aromatic rings. The second-order valence-electron chi connectivity index (χ2n) is 4.29. The van der Waals surface area contributed by atoms with Crippen LogP contribution in [-0.2, 0) is 0 Å². The van der Waals surface area contributed by atoms with Crippen LogP contribution in [0.15, 0.2) is 29.2 Å². The number of thioether (sulfide) groups is 1. The zero-order chi connectivity index (χ0) is 11.9. The predicted octanol–water partition coefficient (Wildman–Crippen LogP) is 1.41. The van der Waals surface area contributed by atoms with Gasteiger partial charge in [-0.15, -0.1) is 11.8 Å². The van der Waals surface area contributed by atoms with E-state index in [4.69, 9.17) is 0 Å². The number of nitrogens with two attached hydrogens (primary N) is 1. The van der Waals surface area contributed by atoms with Crippen LogP contribution >= 0.6 is 11.8 Å². The molecule has 0 atom stereocenters. The summed E-state index contributed by atoms with van der Waals surface area (Å²) < 4.78 is 0.884. The van der Waals surface area contributed by atoms with Gasteiger partial charge in [-0.1, -0.05) is 0 Å². The molecule has 0 fully saturated rings. The third-order valence-corrected chi connectivity index (χ3v) is 2.59. The van der Waals surface area contributed by atoms with Crippen LogP contribution < -0.4 is 9.80 Å². The van der Waals surface area contributed by atoms with Crippen molar-refractivity contribution in [3.8, 4) is 0 Å². The van der Waals surface area contributed by atoms with E-state index in [-0.39, 0.29) is 0 Å². The van der Waals surface area contributed by atoms with Crippen molar-refractivity contribution in [1.29, 1.82) is 0 Å². The minimum atomic E-state index is 0.884. The molecule has 0 spiro atoms. The number of hydrogen-bond acceptors (Lipinski definition) is 1. The summed E-state index contributed by atoms with van der Waals surface area (Å²) in [7, 11) is 10.5. The quantitative estimate of drug-likeness (QED) is 0.598. The fourth-order valence-electron chi connectivity index (χ4n) is 1.03. The monoisotopic (exact) mass is 228 g/mol. The molecule has 0 unspecified atom stereocenters. The summed E-state index contributed by atoms with van der Waals surface area (Å²) in [6.45, 7) is 0. The maximum absolute atomic E-state index is 2.19. The van der Waals surface area contributed by atoms with Gasteiger partial charge in [-0.25, -0.2) is 0 Å². The van der Waals surface area contributed by atoms with Gasteiger partial charge in [0.05, 0.1) is 35.2 Å². The van der Waals surface area contributed by atoms with Crippen molar-refractivity contribution in [3.05, 3.63) is 24.3 Å². The highest BCUT2D eigenvalue weighted by molar-refractivity contribution is 7.98. The largest absolute Gasteiger partial charge is 0.351 e. The number of rotatable bonds is 2. The summed E-state index contributed by atoms with van der Waals surface area (Å²) >= 11 is 1.78. The Labute approximate surface area is 98.3 Å². The van der Waals surface area contributed by atoms with E-state index in [1.165, 1.54) is 10.6 Å². The van der Waals surface area contributed by atoms with Crippen molar-refractivity contribution in [2.24, 2.45) is 0 Å². The topological polar surface area (TPSA) is 16.6 Å². The molecule has 0 saturated heterocycles. The third-order valence-electron chi connectivity index (χ3n) is 1.85. The minimum Gasteiger partial charge on any atom is -0.351 e. The van der Waals surface area contributed by atoms with E-state index in [1.807, 2.05) is 19.4 Å². The van der Waals surface area contributed by atoms with Gasteiger partial charge in [-0.2, -0.15) is 0 Å². The lowest BCUT2D eigenvalue weighted by molar-refractivity contribution is -0.597. The number of quaternary nitrogens is 2. The zero-order valence-electron chi connectivity index (χ0n) is 10.7. The van der Waals surface area contributed by atoms with E-state index in [9.17, 15) is 0 Å². The Bertz CT molecular complexity index is 262. The Balaban J connectivity index is 0.000000583. The molecule has 0 aliphatic carbocycles. The summed E-state index contributed by atoms with van der Waals surface area (Å²) in [5.74, 6) is 0. The SMILES string of the molecule is CSc1ccc([N+](C)(C)C)cc1.C[NH2+]C. The number of hydrogen-bond donors (Lipinski definition) is 1. The molecule has 0 amide bonds. The molecule has 15 heavy (non-hydrogen) atoms. The van der Waals surface area contributed by atoms with Crippen LogP contribution in [0.4, 0.5) is 5.69 Å². The average Bonchev–Trinajstić information content (AvgIpc) is 2.18. The van der Waals surface area contributed by atoms with Crippen molar-refractivity contribution >= 4 is 17.4 Å². The maximum Gasteiger partial charge on any atom is 0.132 e. The molecule has 0 saturated carbocycles. The first-order valence-corrected chi connectivity index (χ1v) is 6.38. The van der Waals surface area contributed by atoms with E-state index in [1.54, 1.807) is 11.8 Å². The molecular weight excluding hydrogens is 204 g/mol. The van der Waals surface area contributed by atoms with Crippen LogP contribution in [0.25, 0.3) is 0 Å². The lowest BCUT2D eigenvalue weighted by atomic mass is 10.3. The van der Waals surface area contributed by atoms with Gasteiger partial charge in [0.15, 0.2) is 0 Å². The van der Waals surface area contributed by atoms with Crippen molar-refractivity contribution in [3.63, 3.8) is 0 Å². The first-order chi connectivity index (χ1) is 6.95. The Morgan fingerprint density at radius 3 is 1.67 bits per heavy atom. The van der Waals surface area contributed by atoms with Gasteiger partial charge < -0.3 is 5.32 Å². The second-order valence-corrected chi connectivity index (χ2v) is 5.17. The summed E-state index contributed by atoms with van der Waals surface area (Å²) in [5, 5.41) is 2.00. The molecule has 3 heteroatoms. The van der Waals surface area contributed by atoms with Gasteiger partial charge in [0.25, 0.3) is 0 Å².